The van der Waals surface area contributed by atoms with Gasteiger partial charge in [0.05, 0.1) is 34.2 Å². The van der Waals surface area contributed by atoms with Gasteiger partial charge in [-0.25, -0.2) is 4.98 Å². The Morgan fingerprint density at radius 2 is 0.774 bits per heavy atom. The van der Waals surface area contributed by atoms with Gasteiger partial charge in [-0.05, 0) is 94.9 Å². The van der Waals surface area contributed by atoms with Crippen LogP contribution in [-0.4, -0.2) is 16.4 Å². The number of aromatic nitrogens is 1. The number of hydrogen-bond donors (Lipinski definition) is 0. The van der Waals surface area contributed by atoms with Gasteiger partial charge in [-0.15, -0.1) is 0 Å². The normalized spacial score (nSPS) is 12.2. The molecule has 0 saturated heterocycles. The summed E-state index contributed by atoms with van der Waals surface area (Å²) in [6.07, 6.45) is 3.35. The van der Waals surface area contributed by atoms with Crippen LogP contribution in [0, 0.1) is 0 Å². The van der Waals surface area contributed by atoms with Crippen LogP contribution in [0.2, 0.25) is 0 Å². The molecule has 0 fully saturated rings. The molecule has 0 saturated carbocycles. The van der Waals surface area contributed by atoms with Gasteiger partial charge in [0.2, 0.25) is 0 Å². The third kappa shape index (κ3) is 12.2. The molecule has 0 aliphatic rings. The van der Waals surface area contributed by atoms with Gasteiger partial charge in [-0.3, -0.25) is 9.98 Å². The number of pyridine rings is 1. The molecule has 53 heavy (non-hydrogen) atoms. The maximum absolute atomic E-state index is 5.55. The molecule has 4 aromatic carbocycles. The Kier molecular flexibility index (Phi) is 17.0. The van der Waals surface area contributed by atoms with E-state index in [-0.39, 0.29) is 0 Å². The summed E-state index contributed by atoms with van der Waals surface area (Å²) in [5.74, 6) is 1.43. The van der Waals surface area contributed by atoms with Crippen molar-refractivity contribution in [1.82, 2.24) is 4.98 Å². The molecule has 0 bridgehead atoms. The molecule has 0 unspecified atom stereocenters. The molecule has 3 nitrogen and oxygen atoms in total. The third-order valence-electron chi connectivity index (χ3n) is 9.51. The first-order valence-corrected chi connectivity index (χ1v) is 21.7. The van der Waals surface area contributed by atoms with E-state index in [1.54, 1.807) is 0 Å². The van der Waals surface area contributed by atoms with Crippen LogP contribution in [0.5, 0.6) is 0 Å². The van der Waals surface area contributed by atoms with Gasteiger partial charge < -0.3 is 0 Å². The summed E-state index contributed by atoms with van der Waals surface area (Å²) in [7, 11) is 9.47. The predicted octanol–water partition coefficient (Wildman–Crippen LogP) is 14.5. The van der Waals surface area contributed by atoms with Gasteiger partial charge in [0, 0.05) is 0 Å². The first-order valence-electron chi connectivity index (χ1n) is 18.8. The number of aliphatic imine (C=N–C) groups is 2. The molecule has 1 heterocycles. The molecule has 0 aliphatic heterocycles. The molecule has 6 heteroatoms. The molecule has 5 aromatic rings. The summed E-state index contributed by atoms with van der Waals surface area (Å²) in [5.41, 5.74) is 13.8. The fraction of sp³-hybridized carbons (Fsp3) is 0.340. The fourth-order valence-electron chi connectivity index (χ4n) is 6.61. The first-order chi connectivity index (χ1) is 25.5. The van der Waals surface area contributed by atoms with E-state index in [4.69, 9.17) is 35.3 Å². The summed E-state index contributed by atoms with van der Waals surface area (Å²) in [6.45, 7) is 18.1. The molecule has 281 valence electrons. The molecular formula is C47H55Cl2CoN3. The van der Waals surface area contributed by atoms with Crippen molar-refractivity contribution >= 4 is 43.1 Å². The zero-order valence-electron chi connectivity index (χ0n) is 32.5. The van der Waals surface area contributed by atoms with Gasteiger partial charge in [0.15, 0.2) is 0 Å². The summed E-state index contributed by atoms with van der Waals surface area (Å²) >= 11 is 0.382. The Labute approximate surface area is 333 Å². The number of nitrogens with zero attached hydrogens (tertiary/aromatic N) is 3. The van der Waals surface area contributed by atoms with Gasteiger partial charge in [0.25, 0.3) is 0 Å². The number of aryl methyl sites for hydroxylation is 2. The van der Waals surface area contributed by atoms with Gasteiger partial charge in [-0.1, -0.05) is 159 Å². The summed E-state index contributed by atoms with van der Waals surface area (Å²) in [5, 5.41) is 0. The van der Waals surface area contributed by atoms with Crippen molar-refractivity contribution in [2.24, 2.45) is 9.98 Å². The molecule has 0 aliphatic carbocycles. The second-order valence-corrected chi connectivity index (χ2v) is 16.5. The van der Waals surface area contributed by atoms with Crippen molar-refractivity contribution in [3.05, 3.63) is 160 Å². The van der Waals surface area contributed by atoms with E-state index in [1.807, 2.05) is 0 Å². The van der Waals surface area contributed by atoms with Crippen LogP contribution in [0.25, 0.3) is 0 Å². The second kappa shape index (κ2) is 21.4. The quantitative estimate of drug-likeness (QED) is 0.103. The van der Waals surface area contributed by atoms with Crippen LogP contribution in [0.1, 0.15) is 137 Å². The fourth-order valence-corrected chi connectivity index (χ4v) is 6.61. The van der Waals surface area contributed by atoms with Crippen LogP contribution in [0.4, 0.5) is 11.4 Å². The zero-order valence-corrected chi connectivity index (χ0v) is 35.1. The Bertz CT molecular complexity index is 1740. The molecule has 0 N–H and O–H groups in total. The van der Waals surface area contributed by atoms with E-state index in [1.165, 1.54) is 33.4 Å². The van der Waals surface area contributed by atoms with E-state index in [2.05, 4.69) is 171 Å². The van der Waals surface area contributed by atoms with Crippen molar-refractivity contribution < 1.29 is 12.9 Å². The number of halogens is 2. The van der Waals surface area contributed by atoms with Crippen molar-refractivity contribution in [3.8, 4) is 0 Å². The van der Waals surface area contributed by atoms with Crippen LogP contribution < -0.4 is 0 Å². The Morgan fingerprint density at radius 3 is 1.08 bits per heavy atom. The van der Waals surface area contributed by atoms with Crippen LogP contribution >= 0.6 is 20.3 Å². The maximum atomic E-state index is 5.55. The summed E-state index contributed by atoms with van der Waals surface area (Å²) in [4.78, 5) is 16.5. The van der Waals surface area contributed by atoms with Gasteiger partial charge in [0.1, 0.15) is 0 Å². The SMILES string of the molecule is CC(C)c1cccc(C(C)C)c1N=C(CCc1ccccc1)c1cccc(C(CCc2ccccc2)=Nc2c(C(C)C)cccc2C(C)C)n1.[Cl][Co][Cl]. The topological polar surface area (TPSA) is 37.6 Å². The van der Waals surface area contributed by atoms with E-state index in [9.17, 15) is 0 Å². The van der Waals surface area contributed by atoms with Crippen molar-refractivity contribution in [1.29, 1.82) is 0 Å². The summed E-state index contributed by atoms with van der Waals surface area (Å²) in [6, 6.07) is 41.2. The van der Waals surface area contributed by atoms with E-state index in [0.717, 1.165) is 59.9 Å². The van der Waals surface area contributed by atoms with Gasteiger partial charge >= 0.3 is 33.2 Å². The minimum absolute atomic E-state index is 0.356. The number of hydrogen-bond acceptors (Lipinski definition) is 3. The Hall–Kier alpha value is -3.54. The zero-order chi connectivity index (χ0) is 38.3. The number of para-hydroxylation sites is 2. The first kappa shape index (κ1) is 42.2. The second-order valence-electron chi connectivity index (χ2n) is 14.7. The number of benzene rings is 4. The van der Waals surface area contributed by atoms with E-state index < -0.39 is 0 Å². The average Bonchev–Trinajstić information content (AvgIpc) is 3.15. The van der Waals surface area contributed by atoms with E-state index in [0.29, 0.717) is 36.6 Å². The molecule has 5 rings (SSSR count). The minimum atomic E-state index is 0.356. The standard InChI is InChI=1S/C47H55N3.2ClH.Co/c1-32(2)38-22-15-23-39(33(3)4)46(38)49-44(30-28-36-18-11-9-12-19-36)42-26-17-27-43(48-42)45(31-29-37-20-13-10-14-21-37)50-47-40(34(5)6)24-16-25-41(47)35(7)8;;;/h9-27,32-35H,28-31H2,1-8H3;2*1H;/q;;;+2/p-2. The Morgan fingerprint density at radius 1 is 0.472 bits per heavy atom. The molecule has 0 spiro atoms. The van der Waals surface area contributed by atoms with Crippen LogP contribution in [0.15, 0.2) is 125 Å². The van der Waals surface area contributed by atoms with Crippen molar-refractivity contribution in [3.63, 3.8) is 0 Å². The summed E-state index contributed by atoms with van der Waals surface area (Å²) < 4.78 is 0. The van der Waals surface area contributed by atoms with Crippen molar-refractivity contribution in [2.75, 3.05) is 0 Å². The molecule has 1 aromatic heterocycles. The van der Waals surface area contributed by atoms with Gasteiger partial charge in [-0.2, -0.15) is 0 Å². The van der Waals surface area contributed by atoms with Crippen LogP contribution in [0.3, 0.4) is 0 Å². The Balaban J connectivity index is 0.00000202. The van der Waals surface area contributed by atoms with Crippen molar-refractivity contribution in [2.45, 2.75) is 105 Å². The van der Waals surface area contributed by atoms with E-state index >= 15 is 0 Å². The predicted molar refractivity (Wildman–Crippen MR) is 227 cm³/mol. The van der Waals surface area contributed by atoms with Crippen LogP contribution in [-0.2, 0) is 25.7 Å². The average molecular weight is 792 g/mol. The number of rotatable bonds is 14. The molecule has 0 amide bonds. The molecule has 0 radical (unpaired) electrons. The molecule has 0 atom stereocenters. The third-order valence-corrected chi connectivity index (χ3v) is 9.51. The molecular weight excluding hydrogens is 736 g/mol. The monoisotopic (exact) mass is 790 g/mol.